The second-order valence-electron chi connectivity index (χ2n) is 10.9. The van der Waals surface area contributed by atoms with Gasteiger partial charge in [0.2, 0.25) is 0 Å². The lowest BCUT2D eigenvalue weighted by molar-refractivity contribution is -0.144. The highest BCUT2D eigenvalue weighted by molar-refractivity contribution is 6.00. The fraction of sp³-hybridized carbons (Fsp3) is 0.267. The van der Waals surface area contributed by atoms with Crippen molar-refractivity contribution in [2.75, 3.05) is 0 Å². The number of carbonyl (C=O) groups excluding carboxylic acids is 3. The van der Waals surface area contributed by atoms with Crippen LogP contribution in [0.15, 0.2) is 76.2 Å². The predicted octanol–water partition coefficient (Wildman–Crippen LogP) is 5.10. The van der Waals surface area contributed by atoms with Crippen LogP contribution >= 0.6 is 0 Å². The number of amides is 4. The molecule has 2 atom stereocenters. The summed E-state index contributed by atoms with van der Waals surface area (Å²) in [7, 11) is 0. The quantitative estimate of drug-likeness (QED) is 0.279. The van der Waals surface area contributed by atoms with Gasteiger partial charge in [-0.3, -0.25) is 15.0 Å². The van der Waals surface area contributed by atoms with Crippen LogP contribution in [0.2, 0.25) is 0 Å². The number of allylic oxidation sites excluding steroid dienone is 2. The SMILES string of the molecule is CC1=C(C(=O)NC2=CCC3(C)NN=CC3=C2)C(c2ccc(F)c(C(=O)NCc3c(C(F)(F)F)cccc3C(F)(F)F)c2)NC(=O)N1. The van der Waals surface area contributed by atoms with E-state index >= 15 is 0 Å². The molecule has 2 aromatic rings. The highest BCUT2D eigenvalue weighted by Gasteiger charge is 2.41. The molecule has 2 unspecified atom stereocenters. The van der Waals surface area contributed by atoms with Gasteiger partial charge in [-0.15, -0.1) is 0 Å². The zero-order chi connectivity index (χ0) is 33.6. The van der Waals surface area contributed by atoms with Gasteiger partial charge in [0.1, 0.15) is 5.82 Å². The number of nitrogens with one attached hydrogen (secondary N) is 5. The first kappa shape index (κ1) is 32.2. The van der Waals surface area contributed by atoms with Crippen molar-refractivity contribution in [3.05, 3.63) is 105 Å². The normalized spacial score (nSPS) is 21.0. The van der Waals surface area contributed by atoms with Crippen LogP contribution in [0.5, 0.6) is 0 Å². The summed E-state index contributed by atoms with van der Waals surface area (Å²) in [4.78, 5) is 38.9. The lowest BCUT2D eigenvalue weighted by Crippen LogP contribution is -2.47. The van der Waals surface area contributed by atoms with Crippen LogP contribution in [0.1, 0.15) is 58.9 Å². The molecule has 0 radical (unpaired) electrons. The van der Waals surface area contributed by atoms with Gasteiger partial charge in [-0.25, -0.2) is 9.18 Å². The van der Waals surface area contributed by atoms with Gasteiger partial charge in [-0.1, -0.05) is 18.2 Å². The van der Waals surface area contributed by atoms with Crippen LogP contribution in [0.25, 0.3) is 0 Å². The maximum Gasteiger partial charge on any atom is 0.416 e. The smallest absolute Gasteiger partial charge is 0.348 e. The minimum atomic E-state index is -5.17. The first-order valence-corrected chi connectivity index (χ1v) is 13.6. The molecule has 1 aliphatic carbocycles. The molecule has 242 valence electrons. The molecule has 2 aromatic carbocycles. The number of alkyl halides is 6. The summed E-state index contributed by atoms with van der Waals surface area (Å²) < 4.78 is 96.1. The summed E-state index contributed by atoms with van der Waals surface area (Å²) in [5.74, 6) is -3.13. The van der Waals surface area contributed by atoms with E-state index in [1.54, 1.807) is 18.4 Å². The molecule has 2 heterocycles. The fourth-order valence-corrected chi connectivity index (χ4v) is 5.35. The number of rotatable bonds is 6. The lowest BCUT2D eigenvalue weighted by Gasteiger charge is -2.30. The van der Waals surface area contributed by atoms with Gasteiger partial charge < -0.3 is 21.3 Å². The van der Waals surface area contributed by atoms with Crippen molar-refractivity contribution >= 4 is 24.1 Å². The van der Waals surface area contributed by atoms with Gasteiger partial charge in [-0.2, -0.15) is 31.4 Å². The first-order chi connectivity index (χ1) is 21.5. The van der Waals surface area contributed by atoms with E-state index < -0.39 is 76.4 Å². The molecule has 0 saturated carbocycles. The maximum atomic E-state index is 14.9. The van der Waals surface area contributed by atoms with Gasteiger partial charge in [0, 0.05) is 23.5 Å². The highest BCUT2D eigenvalue weighted by atomic mass is 19.4. The van der Waals surface area contributed by atoms with E-state index in [1.165, 1.54) is 13.0 Å². The zero-order valence-corrected chi connectivity index (χ0v) is 24.0. The van der Waals surface area contributed by atoms with E-state index in [-0.39, 0.29) is 16.8 Å². The molecule has 0 saturated heterocycles. The fourth-order valence-electron chi connectivity index (χ4n) is 5.35. The Kier molecular flexibility index (Phi) is 8.17. The van der Waals surface area contributed by atoms with Crippen LogP contribution in [0.4, 0.5) is 35.5 Å². The first-order valence-electron chi connectivity index (χ1n) is 13.6. The van der Waals surface area contributed by atoms with E-state index in [9.17, 15) is 45.1 Å². The average molecular weight is 651 g/mol. The Morgan fingerprint density at radius 3 is 2.37 bits per heavy atom. The topological polar surface area (TPSA) is 124 Å². The summed E-state index contributed by atoms with van der Waals surface area (Å²) in [5, 5.41) is 13.7. The van der Waals surface area contributed by atoms with Gasteiger partial charge in [0.05, 0.1) is 40.1 Å². The van der Waals surface area contributed by atoms with Crippen molar-refractivity contribution in [2.45, 2.75) is 50.7 Å². The Hall–Kier alpha value is -5.15. The number of hydrogen-bond acceptors (Lipinski definition) is 5. The Morgan fingerprint density at radius 2 is 1.72 bits per heavy atom. The average Bonchev–Trinajstić information content (AvgIpc) is 3.35. The van der Waals surface area contributed by atoms with Crippen LogP contribution < -0.4 is 26.7 Å². The Bertz CT molecular complexity index is 1730. The lowest BCUT2D eigenvalue weighted by atomic mass is 9.86. The second-order valence-corrected chi connectivity index (χ2v) is 10.9. The van der Waals surface area contributed by atoms with Crippen molar-refractivity contribution in [3.63, 3.8) is 0 Å². The van der Waals surface area contributed by atoms with E-state index in [0.29, 0.717) is 30.3 Å². The van der Waals surface area contributed by atoms with Gasteiger partial charge >= 0.3 is 18.4 Å². The molecule has 0 aromatic heterocycles. The Balaban J connectivity index is 1.41. The molecule has 16 heteroatoms. The molecular weight excluding hydrogens is 625 g/mol. The number of carbonyl (C=O) groups is 3. The van der Waals surface area contributed by atoms with Gasteiger partial charge in [0.25, 0.3) is 11.8 Å². The zero-order valence-electron chi connectivity index (χ0n) is 24.0. The molecular formula is C30H25F7N6O3. The summed E-state index contributed by atoms with van der Waals surface area (Å²) in [5.41, 5.74) is -1.23. The third-order valence-electron chi connectivity index (χ3n) is 7.75. The molecule has 4 amide bonds. The minimum absolute atomic E-state index is 0.00246. The number of halogens is 7. The van der Waals surface area contributed by atoms with Crippen LogP contribution in [-0.2, 0) is 23.7 Å². The van der Waals surface area contributed by atoms with Crippen molar-refractivity contribution in [2.24, 2.45) is 5.10 Å². The molecule has 5 N–H and O–H groups in total. The van der Waals surface area contributed by atoms with Crippen molar-refractivity contribution in [1.82, 2.24) is 26.7 Å². The standard InChI is InChI=1S/C30H25F7N6O3/c1-14-23(26(45)41-17-8-9-28(2)16(11-17)12-39-43-28)24(42-27(46)40-14)15-6-7-22(31)18(10-15)25(44)38-13-19-20(29(32,33)34)4-3-5-21(19)30(35,36)37/h3-8,10-12,24,43H,9,13H2,1-2H3,(H,38,44)(H,41,45)(H2,40,42,46). The number of urea groups is 1. The number of nitrogens with zero attached hydrogens (tertiary/aromatic N) is 1. The summed E-state index contributed by atoms with van der Waals surface area (Å²) in [6.45, 7) is 2.15. The molecule has 2 aliphatic heterocycles. The van der Waals surface area contributed by atoms with Crippen LogP contribution in [0.3, 0.4) is 0 Å². The van der Waals surface area contributed by atoms with E-state index in [2.05, 4.69) is 26.5 Å². The number of benzene rings is 2. The molecule has 0 bridgehead atoms. The maximum absolute atomic E-state index is 14.9. The van der Waals surface area contributed by atoms with Crippen molar-refractivity contribution in [1.29, 1.82) is 0 Å². The molecule has 0 spiro atoms. The van der Waals surface area contributed by atoms with Crippen LogP contribution in [0, 0.1) is 5.82 Å². The summed E-state index contributed by atoms with van der Waals surface area (Å²) in [6.07, 6.45) is -4.75. The van der Waals surface area contributed by atoms with Crippen molar-refractivity contribution in [3.8, 4) is 0 Å². The predicted molar refractivity (Wildman–Crippen MR) is 150 cm³/mol. The third kappa shape index (κ3) is 6.32. The van der Waals surface area contributed by atoms with Gasteiger partial charge in [0.15, 0.2) is 0 Å². The van der Waals surface area contributed by atoms with Crippen molar-refractivity contribution < 1.29 is 45.1 Å². The summed E-state index contributed by atoms with van der Waals surface area (Å²) >= 11 is 0. The summed E-state index contributed by atoms with van der Waals surface area (Å²) in [6, 6.07) is 2.49. The highest BCUT2D eigenvalue weighted by Crippen LogP contribution is 2.39. The molecule has 9 nitrogen and oxygen atoms in total. The monoisotopic (exact) mass is 650 g/mol. The Labute approximate surface area is 256 Å². The van der Waals surface area contributed by atoms with E-state index in [0.717, 1.165) is 17.7 Å². The largest absolute Gasteiger partial charge is 0.416 e. The van der Waals surface area contributed by atoms with Crippen LogP contribution in [-0.4, -0.2) is 29.6 Å². The van der Waals surface area contributed by atoms with Gasteiger partial charge in [-0.05, 0) is 61.7 Å². The second kappa shape index (κ2) is 11.7. The number of hydrogen-bond donors (Lipinski definition) is 5. The van der Waals surface area contributed by atoms with E-state index in [4.69, 9.17) is 0 Å². The Morgan fingerprint density at radius 1 is 1.04 bits per heavy atom. The van der Waals surface area contributed by atoms with E-state index in [1.807, 2.05) is 12.2 Å². The number of hydrazone groups is 1. The molecule has 3 aliphatic rings. The number of fused-ring (bicyclic) bond motifs is 1. The molecule has 46 heavy (non-hydrogen) atoms. The molecule has 0 fully saturated rings. The third-order valence-corrected chi connectivity index (χ3v) is 7.75. The minimum Gasteiger partial charge on any atom is -0.348 e. The molecule has 5 rings (SSSR count).